The van der Waals surface area contributed by atoms with Crippen LogP contribution in [0.4, 0.5) is 0 Å². The van der Waals surface area contributed by atoms with Crippen molar-refractivity contribution >= 4 is 15.9 Å². The predicted octanol–water partition coefficient (Wildman–Crippen LogP) is 2.95. The molecule has 0 aliphatic heterocycles. The first-order chi connectivity index (χ1) is 7.74. The van der Waals surface area contributed by atoms with Gasteiger partial charge in [-0.2, -0.15) is 0 Å². The van der Waals surface area contributed by atoms with E-state index in [1.54, 1.807) is 0 Å². The Morgan fingerprint density at radius 1 is 1.38 bits per heavy atom. The average Bonchev–Trinajstić information content (AvgIpc) is 2.59. The summed E-state index contributed by atoms with van der Waals surface area (Å²) in [4.78, 5) is 4.78. The van der Waals surface area contributed by atoms with Gasteiger partial charge in [-0.25, -0.2) is 4.98 Å². The molecule has 90 valence electrons. The van der Waals surface area contributed by atoms with Crippen LogP contribution < -0.4 is 5.32 Å². The molecule has 1 saturated carbocycles. The van der Waals surface area contributed by atoms with Crippen LogP contribution in [-0.2, 0) is 13.6 Å². The van der Waals surface area contributed by atoms with Crippen molar-refractivity contribution in [2.24, 2.45) is 7.05 Å². The summed E-state index contributed by atoms with van der Waals surface area (Å²) in [5.74, 6) is 1.79. The minimum Gasteiger partial charge on any atom is -0.325 e. The maximum Gasteiger partial charge on any atom is 0.123 e. The maximum atomic E-state index is 4.78. The first kappa shape index (κ1) is 12.1. The van der Waals surface area contributed by atoms with Gasteiger partial charge in [-0.05, 0) is 35.8 Å². The predicted molar refractivity (Wildman–Crippen MR) is 69.5 cm³/mol. The zero-order valence-electron chi connectivity index (χ0n) is 10.1. The molecule has 0 unspecified atom stereocenters. The molecule has 1 heterocycles. The molecule has 0 bridgehead atoms. The SMILES string of the molecule is CNCc1nc(C2CCCCC2)c(Br)n1C. The van der Waals surface area contributed by atoms with Gasteiger partial charge in [0, 0.05) is 13.0 Å². The van der Waals surface area contributed by atoms with Crippen molar-refractivity contribution in [3.05, 3.63) is 16.1 Å². The summed E-state index contributed by atoms with van der Waals surface area (Å²) >= 11 is 3.68. The van der Waals surface area contributed by atoms with E-state index >= 15 is 0 Å². The molecule has 1 aliphatic carbocycles. The first-order valence-corrected chi connectivity index (χ1v) is 6.89. The van der Waals surface area contributed by atoms with Crippen molar-refractivity contribution in [1.29, 1.82) is 0 Å². The fourth-order valence-electron chi connectivity index (χ4n) is 2.50. The maximum absolute atomic E-state index is 4.78. The summed E-state index contributed by atoms with van der Waals surface area (Å²) in [7, 11) is 4.04. The van der Waals surface area contributed by atoms with Crippen LogP contribution >= 0.6 is 15.9 Å². The lowest BCUT2D eigenvalue weighted by Crippen LogP contribution is -2.10. The van der Waals surface area contributed by atoms with Crippen molar-refractivity contribution < 1.29 is 0 Å². The van der Waals surface area contributed by atoms with Crippen molar-refractivity contribution in [3.63, 3.8) is 0 Å². The first-order valence-electron chi connectivity index (χ1n) is 6.09. The quantitative estimate of drug-likeness (QED) is 0.926. The summed E-state index contributed by atoms with van der Waals surface area (Å²) in [5.41, 5.74) is 1.27. The molecule has 0 radical (unpaired) electrons. The largest absolute Gasteiger partial charge is 0.325 e. The molecule has 1 aromatic heterocycles. The van der Waals surface area contributed by atoms with E-state index < -0.39 is 0 Å². The molecule has 0 aromatic carbocycles. The lowest BCUT2D eigenvalue weighted by Gasteiger charge is -2.20. The number of imidazole rings is 1. The van der Waals surface area contributed by atoms with Crippen molar-refractivity contribution in [2.75, 3.05) is 7.05 Å². The second kappa shape index (κ2) is 5.32. The molecule has 0 saturated heterocycles. The smallest absolute Gasteiger partial charge is 0.123 e. The van der Waals surface area contributed by atoms with Gasteiger partial charge in [0.25, 0.3) is 0 Å². The molecule has 3 nitrogen and oxygen atoms in total. The van der Waals surface area contributed by atoms with Gasteiger partial charge in [0.05, 0.1) is 12.2 Å². The normalized spacial score (nSPS) is 17.9. The van der Waals surface area contributed by atoms with Crippen LogP contribution in [0.5, 0.6) is 0 Å². The molecule has 0 atom stereocenters. The number of hydrogen-bond acceptors (Lipinski definition) is 2. The lowest BCUT2D eigenvalue weighted by molar-refractivity contribution is 0.436. The number of nitrogens with one attached hydrogen (secondary N) is 1. The van der Waals surface area contributed by atoms with Crippen LogP contribution in [0.15, 0.2) is 4.60 Å². The number of rotatable bonds is 3. The summed E-state index contributed by atoms with van der Waals surface area (Å²) < 4.78 is 3.32. The van der Waals surface area contributed by atoms with Crippen LogP contribution in [0, 0.1) is 0 Å². The molecule has 0 amide bonds. The summed E-state index contributed by atoms with van der Waals surface area (Å²) in [6.45, 7) is 0.835. The summed E-state index contributed by atoms with van der Waals surface area (Å²) in [5, 5.41) is 3.16. The van der Waals surface area contributed by atoms with Gasteiger partial charge in [0.15, 0.2) is 0 Å². The number of aromatic nitrogens is 2. The third kappa shape index (κ3) is 2.33. The van der Waals surface area contributed by atoms with Gasteiger partial charge in [0.1, 0.15) is 10.4 Å². The van der Waals surface area contributed by atoms with E-state index in [1.165, 1.54) is 42.4 Å². The van der Waals surface area contributed by atoms with Gasteiger partial charge < -0.3 is 9.88 Å². The van der Waals surface area contributed by atoms with E-state index in [1.807, 2.05) is 7.05 Å². The highest BCUT2D eigenvalue weighted by molar-refractivity contribution is 9.10. The number of nitrogens with zero attached hydrogens (tertiary/aromatic N) is 2. The van der Waals surface area contributed by atoms with Crippen LogP contribution in [0.1, 0.15) is 49.5 Å². The third-order valence-corrected chi connectivity index (χ3v) is 4.41. The Kier molecular flexibility index (Phi) is 4.03. The van der Waals surface area contributed by atoms with E-state index in [-0.39, 0.29) is 0 Å². The fraction of sp³-hybridized carbons (Fsp3) is 0.750. The lowest BCUT2D eigenvalue weighted by atomic mass is 9.87. The molecule has 1 aromatic rings. The minimum absolute atomic E-state index is 0.667. The summed E-state index contributed by atoms with van der Waals surface area (Å²) in [6.07, 6.45) is 6.71. The monoisotopic (exact) mass is 285 g/mol. The van der Waals surface area contributed by atoms with Gasteiger partial charge in [-0.1, -0.05) is 19.3 Å². The van der Waals surface area contributed by atoms with Crippen molar-refractivity contribution in [2.45, 2.75) is 44.6 Å². The Morgan fingerprint density at radius 3 is 2.69 bits per heavy atom. The van der Waals surface area contributed by atoms with Gasteiger partial charge in [-0.3, -0.25) is 0 Å². The molecule has 4 heteroatoms. The summed E-state index contributed by atoms with van der Waals surface area (Å²) in [6, 6.07) is 0. The highest BCUT2D eigenvalue weighted by atomic mass is 79.9. The Labute approximate surface area is 106 Å². The van der Waals surface area contributed by atoms with Gasteiger partial charge >= 0.3 is 0 Å². The zero-order valence-corrected chi connectivity index (χ0v) is 11.7. The molecule has 1 aliphatic rings. The Bertz CT molecular complexity index is 353. The molecule has 1 N–H and O–H groups in total. The van der Waals surface area contributed by atoms with E-state index in [0.717, 1.165) is 12.4 Å². The molecule has 16 heavy (non-hydrogen) atoms. The van der Waals surface area contributed by atoms with Crippen LogP contribution in [0.25, 0.3) is 0 Å². The van der Waals surface area contributed by atoms with Gasteiger partial charge in [0.2, 0.25) is 0 Å². The molecular formula is C12H20BrN3. The molecular weight excluding hydrogens is 266 g/mol. The Hall–Kier alpha value is -0.350. The van der Waals surface area contributed by atoms with E-state index in [4.69, 9.17) is 4.98 Å². The zero-order chi connectivity index (χ0) is 11.5. The second-order valence-electron chi connectivity index (χ2n) is 4.63. The molecule has 0 spiro atoms. The van der Waals surface area contributed by atoms with E-state index in [0.29, 0.717) is 5.92 Å². The number of hydrogen-bond donors (Lipinski definition) is 1. The molecule has 2 rings (SSSR count). The standard InChI is InChI=1S/C12H20BrN3/c1-14-8-10-15-11(12(13)16(10)2)9-6-4-3-5-7-9/h9,14H,3-8H2,1-2H3. The van der Waals surface area contributed by atoms with Crippen molar-refractivity contribution in [3.8, 4) is 0 Å². The van der Waals surface area contributed by atoms with Crippen molar-refractivity contribution in [1.82, 2.24) is 14.9 Å². The van der Waals surface area contributed by atoms with Crippen LogP contribution in [0.3, 0.4) is 0 Å². The Balaban J connectivity index is 2.22. The topological polar surface area (TPSA) is 29.9 Å². The minimum atomic E-state index is 0.667. The highest BCUT2D eigenvalue weighted by Crippen LogP contribution is 2.35. The third-order valence-electron chi connectivity index (χ3n) is 3.47. The van der Waals surface area contributed by atoms with Crippen LogP contribution in [-0.4, -0.2) is 16.6 Å². The second-order valence-corrected chi connectivity index (χ2v) is 5.38. The highest BCUT2D eigenvalue weighted by Gasteiger charge is 2.22. The fourth-order valence-corrected chi connectivity index (χ4v) is 3.11. The Morgan fingerprint density at radius 2 is 2.06 bits per heavy atom. The van der Waals surface area contributed by atoms with Crippen LogP contribution in [0.2, 0.25) is 0 Å². The van der Waals surface area contributed by atoms with E-state index in [2.05, 4.69) is 32.9 Å². The average molecular weight is 286 g/mol. The number of halogens is 1. The van der Waals surface area contributed by atoms with E-state index in [9.17, 15) is 0 Å². The van der Waals surface area contributed by atoms with Gasteiger partial charge in [-0.15, -0.1) is 0 Å². The molecule has 1 fully saturated rings.